The van der Waals surface area contributed by atoms with Crippen molar-refractivity contribution in [1.82, 2.24) is 4.57 Å². The predicted octanol–water partition coefficient (Wildman–Crippen LogP) is 10.8. The van der Waals surface area contributed by atoms with Gasteiger partial charge in [-0.2, -0.15) is 9.13 Å². The molecule has 2 aliphatic rings. The number of para-hydroxylation sites is 3. The molecule has 9 rings (SSSR count). The van der Waals surface area contributed by atoms with Crippen LogP contribution in [0.25, 0.3) is 61.3 Å². The van der Waals surface area contributed by atoms with Gasteiger partial charge in [-0.1, -0.05) is 93.6 Å². The second-order valence-corrected chi connectivity index (χ2v) is 22.2. The standard InChI is InChI=1S/C47H51N3OSi/c1-28(2)24-33-26-41-38-25-30(5)18-21-34(38)36-22-19-32-20-23-37-35-14-10-13-17-42(35)51-46(37)44(32)47-49(29(3)4)39-15-11-12-16-40(39)50(47)31(6)45(36)48(41)27-43(33)52(7,8)9/h10-18,20-21,23,25-29,36,45H,6,19,22,24H2,1-5,7-9H3/q+2. The fraction of sp³-hybridized carbons (Fsp3) is 0.319. The van der Waals surface area contributed by atoms with Gasteiger partial charge in [-0.15, -0.1) is 0 Å². The first-order valence-electron chi connectivity index (χ1n) is 19.3. The Morgan fingerprint density at radius 2 is 1.67 bits per heavy atom. The molecule has 4 aromatic carbocycles. The van der Waals surface area contributed by atoms with Gasteiger partial charge in [0, 0.05) is 22.0 Å². The van der Waals surface area contributed by atoms with Crippen LogP contribution in [0, 0.1) is 12.8 Å². The quantitative estimate of drug-likeness (QED) is 0.133. The van der Waals surface area contributed by atoms with Crippen LogP contribution in [0.4, 0.5) is 0 Å². The number of hydrogen-bond acceptors (Lipinski definition) is 1. The van der Waals surface area contributed by atoms with Crippen molar-refractivity contribution in [1.29, 1.82) is 0 Å². The minimum Gasteiger partial charge on any atom is -0.455 e. The van der Waals surface area contributed by atoms with Crippen LogP contribution in [0.3, 0.4) is 0 Å². The first-order chi connectivity index (χ1) is 24.9. The molecule has 3 aromatic heterocycles. The maximum Gasteiger partial charge on any atom is 0.299 e. The van der Waals surface area contributed by atoms with E-state index in [1.807, 2.05) is 0 Å². The molecule has 0 amide bonds. The minimum absolute atomic E-state index is 0.0315. The van der Waals surface area contributed by atoms with Crippen molar-refractivity contribution >= 4 is 51.9 Å². The Morgan fingerprint density at radius 1 is 0.904 bits per heavy atom. The molecule has 0 spiro atoms. The molecular formula is C47H51N3OSi+2. The van der Waals surface area contributed by atoms with E-state index >= 15 is 0 Å². The number of pyridine rings is 1. The molecule has 7 aromatic rings. The average molecular weight is 702 g/mol. The molecule has 0 aliphatic carbocycles. The van der Waals surface area contributed by atoms with E-state index in [1.54, 1.807) is 5.19 Å². The number of hydrogen-bond donors (Lipinski definition) is 0. The van der Waals surface area contributed by atoms with E-state index in [4.69, 9.17) is 11.0 Å². The molecule has 0 bridgehead atoms. The maximum absolute atomic E-state index is 6.90. The van der Waals surface area contributed by atoms with Gasteiger partial charge in [-0.05, 0) is 93.5 Å². The van der Waals surface area contributed by atoms with Crippen molar-refractivity contribution in [3.63, 3.8) is 0 Å². The predicted molar refractivity (Wildman–Crippen MR) is 219 cm³/mol. The van der Waals surface area contributed by atoms with Gasteiger partial charge >= 0.3 is 0 Å². The zero-order valence-corrected chi connectivity index (χ0v) is 33.0. The summed E-state index contributed by atoms with van der Waals surface area (Å²) in [5, 5.41) is 3.90. The van der Waals surface area contributed by atoms with Crippen LogP contribution in [0.5, 0.6) is 0 Å². The zero-order valence-electron chi connectivity index (χ0n) is 32.0. The number of aryl methyl sites for hydroxylation is 2. The molecule has 4 nitrogen and oxygen atoms in total. The fourth-order valence-electron chi connectivity index (χ4n) is 9.59. The van der Waals surface area contributed by atoms with E-state index in [9.17, 15) is 0 Å². The molecule has 0 N–H and O–H groups in total. The molecule has 5 heteroatoms. The first kappa shape index (κ1) is 33.1. The van der Waals surface area contributed by atoms with Crippen LogP contribution in [0.2, 0.25) is 19.6 Å². The summed E-state index contributed by atoms with van der Waals surface area (Å²) in [6.45, 7) is 24.3. The van der Waals surface area contributed by atoms with Crippen molar-refractivity contribution in [2.24, 2.45) is 5.92 Å². The van der Waals surface area contributed by atoms with Crippen molar-refractivity contribution in [2.75, 3.05) is 0 Å². The summed E-state index contributed by atoms with van der Waals surface area (Å²) in [5.74, 6) is 1.99. The van der Waals surface area contributed by atoms with Gasteiger partial charge in [0.2, 0.25) is 11.7 Å². The Morgan fingerprint density at radius 3 is 2.44 bits per heavy atom. The Bertz CT molecular complexity index is 2590. The highest BCUT2D eigenvalue weighted by Crippen LogP contribution is 2.48. The summed E-state index contributed by atoms with van der Waals surface area (Å²) in [6.07, 6.45) is 5.61. The molecule has 0 radical (unpaired) electrons. The summed E-state index contributed by atoms with van der Waals surface area (Å²) in [6, 6.07) is 32.1. The van der Waals surface area contributed by atoms with Crippen molar-refractivity contribution in [3.05, 3.63) is 120 Å². The third-order valence-electron chi connectivity index (χ3n) is 11.8. The van der Waals surface area contributed by atoms with E-state index in [0.29, 0.717) is 5.92 Å². The van der Waals surface area contributed by atoms with E-state index in [2.05, 4.69) is 159 Å². The minimum atomic E-state index is -1.72. The van der Waals surface area contributed by atoms with Crippen molar-refractivity contribution in [3.8, 4) is 22.6 Å². The highest BCUT2D eigenvalue weighted by molar-refractivity contribution is 6.89. The lowest BCUT2D eigenvalue weighted by Crippen LogP contribution is -2.57. The maximum atomic E-state index is 6.90. The number of nitrogens with zero attached hydrogens (tertiary/aromatic N) is 3. The van der Waals surface area contributed by atoms with Gasteiger partial charge in [-0.3, -0.25) is 0 Å². The van der Waals surface area contributed by atoms with Crippen molar-refractivity contribution in [2.45, 2.75) is 91.5 Å². The fourth-order valence-corrected chi connectivity index (χ4v) is 11.3. The smallest absolute Gasteiger partial charge is 0.299 e. The van der Waals surface area contributed by atoms with Gasteiger partial charge < -0.3 is 4.42 Å². The lowest BCUT2D eigenvalue weighted by Gasteiger charge is -2.32. The molecule has 5 heterocycles. The van der Waals surface area contributed by atoms with Gasteiger partial charge in [0.1, 0.15) is 11.1 Å². The summed E-state index contributed by atoms with van der Waals surface area (Å²) < 4.78 is 14.6. The summed E-state index contributed by atoms with van der Waals surface area (Å²) in [5.41, 5.74) is 14.9. The zero-order chi connectivity index (χ0) is 36.2. The Labute approximate surface area is 309 Å². The highest BCUT2D eigenvalue weighted by Gasteiger charge is 2.48. The second kappa shape index (κ2) is 11.9. The van der Waals surface area contributed by atoms with Gasteiger partial charge in [0.25, 0.3) is 5.82 Å². The Hall–Kier alpha value is -4.74. The SMILES string of the molecule is C=C1C2C(CCc3ccc4c(oc5ccccc54)c3-c3n(C(C)C)c4ccccc4[n+]31)c1ccc(C)cc1-c1cc(CC(C)C)c([Si](C)(C)C)c[n+]12. The Kier molecular flexibility index (Phi) is 7.57. The summed E-state index contributed by atoms with van der Waals surface area (Å²) >= 11 is 0. The largest absolute Gasteiger partial charge is 0.455 e. The van der Waals surface area contributed by atoms with Crippen molar-refractivity contribution < 1.29 is 13.6 Å². The molecule has 0 fully saturated rings. The van der Waals surface area contributed by atoms with Crippen LogP contribution >= 0.6 is 0 Å². The summed E-state index contributed by atoms with van der Waals surface area (Å²) in [7, 11) is -1.72. The van der Waals surface area contributed by atoms with E-state index in [1.165, 1.54) is 61.3 Å². The number of furan rings is 1. The van der Waals surface area contributed by atoms with Gasteiger partial charge in [0.15, 0.2) is 28.5 Å². The van der Waals surface area contributed by atoms with Gasteiger partial charge in [0.05, 0.1) is 25.6 Å². The number of fused-ring (bicyclic) bond motifs is 15. The lowest BCUT2D eigenvalue weighted by atomic mass is 9.78. The summed E-state index contributed by atoms with van der Waals surface area (Å²) in [4.78, 5) is 0. The average Bonchev–Trinajstić information content (AvgIpc) is 3.66. The second-order valence-electron chi connectivity index (χ2n) is 17.2. The Balaban J connectivity index is 1.42. The number of rotatable bonds is 4. The van der Waals surface area contributed by atoms with E-state index < -0.39 is 8.07 Å². The van der Waals surface area contributed by atoms with E-state index in [-0.39, 0.29) is 18.0 Å². The van der Waals surface area contributed by atoms with E-state index in [0.717, 1.165) is 41.5 Å². The highest BCUT2D eigenvalue weighted by atomic mass is 28.3. The monoisotopic (exact) mass is 701 g/mol. The number of aromatic nitrogens is 3. The number of benzene rings is 4. The van der Waals surface area contributed by atoms with Crippen LogP contribution in [0.1, 0.15) is 74.4 Å². The molecule has 2 unspecified atom stereocenters. The lowest BCUT2D eigenvalue weighted by molar-refractivity contribution is -0.723. The number of imidazole rings is 1. The molecule has 0 saturated heterocycles. The van der Waals surface area contributed by atoms with Gasteiger partial charge in [-0.25, -0.2) is 4.57 Å². The first-order valence-corrected chi connectivity index (χ1v) is 22.8. The van der Waals surface area contributed by atoms with Crippen LogP contribution < -0.4 is 14.3 Å². The van der Waals surface area contributed by atoms with Crippen LogP contribution in [0.15, 0.2) is 102 Å². The topological polar surface area (TPSA) is 25.8 Å². The molecular weight excluding hydrogens is 651 g/mol. The third kappa shape index (κ3) is 4.92. The molecule has 262 valence electrons. The molecule has 52 heavy (non-hydrogen) atoms. The van der Waals surface area contributed by atoms with Crippen LogP contribution in [-0.4, -0.2) is 12.6 Å². The molecule has 2 aliphatic heterocycles. The normalized spacial score (nSPS) is 17.2. The number of allylic oxidation sites excluding steroid dienone is 1. The molecule has 0 saturated carbocycles. The third-order valence-corrected chi connectivity index (χ3v) is 13.8. The van der Waals surface area contributed by atoms with Crippen LogP contribution in [-0.2, 0) is 12.8 Å². The molecule has 2 atom stereocenters.